The average Bonchev–Trinajstić information content (AvgIpc) is 2.53. The molecule has 1 heterocycles. The maximum absolute atomic E-state index is 12.0. The minimum atomic E-state index is -0.645. The molecule has 1 fully saturated rings. The maximum Gasteiger partial charge on any atom is 0.340 e. The van der Waals surface area contributed by atoms with E-state index in [1.54, 1.807) is 17.0 Å². The molecule has 1 aromatic rings. The van der Waals surface area contributed by atoms with E-state index in [-0.39, 0.29) is 23.8 Å². The van der Waals surface area contributed by atoms with E-state index in [1.807, 2.05) is 0 Å². The van der Waals surface area contributed by atoms with Gasteiger partial charge in [0.1, 0.15) is 5.75 Å². The number of rotatable bonds is 4. The third kappa shape index (κ3) is 3.85. The van der Waals surface area contributed by atoms with E-state index in [9.17, 15) is 9.59 Å². The van der Waals surface area contributed by atoms with Gasteiger partial charge in [0.15, 0.2) is 6.61 Å². The van der Waals surface area contributed by atoms with Gasteiger partial charge in [-0.15, -0.1) is 0 Å². The van der Waals surface area contributed by atoms with Crippen LogP contribution in [0.25, 0.3) is 0 Å². The lowest BCUT2D eigenvalue weighted by Gasteiger charge is -2.26. The first-order valence-electron chi connectivity index (χ1n) is 6.58. The van der Waals surface area contributed by atoms with Crippen LogP contribution in [0.5, 0.6) is 5.75 Å². The molecule has 1 aromatic carbocycles. The minimum absolute atomic E-state index is 0.184. The van der Waals surface area contributed by atoms with Crippen molar-refractivity contribution in [3.8, 4) is 5.75 Å². The summed E-state index contributed by atoms with van der Waals surface area (Å²) in [4.78, 5) is 25.4. The molecule has 21 heavy (non-hydrogen) atoms. The number of carbonyl (C=O) groups excluding carboxylic acids is 2. The third-order valence-corrected chi connectivity index (χ3v) is 3.17. The van der Waals surface area contributed by atoms with Crippen LogP contribution in [0.1, 0.15) is 10.4 Å². The Balaban J connectivity index is 1.93. The number of amides is 1. The van der Waals surface area contributed by atoms with Crippen molar-refractivity contribution in [2.24, 2.45) is 0 Å². The predicted molar refractivity (Wildman–Crippen MR) is 75.1 cm³/mol. The topological polar surface area (TPSA) is 91.1 Å². The van der Waals surface area contributed by atoms with Gasteiger partial charge in [-0.2, -0.15) is 0 Å². The molecule has 0 atom stereocenters. The molecular weight excluding hydrogens is 276 g/mol. The van der Waals surface area contributed by atoms with Crippen LogP contribution >= 0.6 is 0 Å². The van der Waals surface area contributed by atoms with Gasteiger partial charge in [-0.05, 0) is 18.2 Å². The summed E-state index contributed by atoms with van der Waals surface area (Å²) in [5.41, 5.74) is 6.19. The Hall–Kier alpha value is -2.28. The number of carbonyl (C=O) groups is 2. The Bertz CT molecular complexity index is 526. The first-order chi connectivity index (χ1) is 10.1. The summed E-state index contributed by atoms with van der Waals surface area (Å²) in [6.07, 6.45) is 0. The van der Waals surface area contributed by atoms with Crippen LogP contribution < -0.4 is 10.5 Å². The number of methoxy groups -OCH3 is 1. The number of morpholine rings is 1. The minimum Gasteiger partial charge on any atom is -0.497 e. The second kappa shape index (κ2) is 6.94. The molecule has 1 aliphatic rings. The van der Waals surface area contributed by atoms with Gasteiger partial charge >= 0.3 is 5.97 Å². The zero-order valence-electron chi connectivity index (χ0n) is 11.8. The van der Waals surface area contributed by atoms with Crippen LogP contribution in [0, 0.1) is 0 Å². The quantitative estimate of drug-likeness (QED) is 0.634. The lowest BCUT2D eigenvalue weighted by atomic mass is 10.2. The Kier molecular flexibility index (Phi) is 4.99. The summed E-state index contributed by atoms with van der Waals surface area (Å²) in [6.45, 7) is 1.72. The number of hydrogen-bond donors (Lipinski definition) is 1. The number of esters is 1. The van der Waals surface area contributed by atoms with Crippen LogP contribution in [0.15, 0.2) is 18.2 Å². The number of benzene rings is 1. The highest BCUT2D eigenvalue weighted by Gasteiger charge is 2.19. The van der Waals surface area contributed by atoms with Crippen molar-refractivity contribution in [3.05, 3.63) is 23.8 Å². The molecule has 1 amide bonds. The molecule has 1 aliphatic heterocycles. The zero-order valence-corrected chi connectivity index (χ0v) is 11.8. The smallest absolute Gasteiger partial charge is 0.340 e. The zero-order chi connectivity index (χ0) is 15.2. The van der Waals surface area contributed by atoms with Crippen molar-refractivity contribution in [1.29, 1.82) is 0 Å². The van der Waals surface area contributed by atoms with Crippen molar-refractivity contribution in [3.63, 3.8) is 0 Å². The number of hydrogen-bond acceptors (Lipinski definition) is 6. The van der Waals surface area contributed by atoms with E-state index in [1.165, 1.54) is 13.2 Å². The first kappa shape index (κ1) is 15.1. The molecule has 7 heteroatoms. The van der Waals surface area contributed by atoms with Gasteiger partial charge in [0.05, 0.1) is 25.9 Å². The number of ether oxygens (including phenoxy) is 3. The van der Waals surface area contributed by atoms with E-state index in [4.69, 9.17) is 19.9 Å². The highest BCUT2D eigenvalue weighted by Crippen LogP contribution is 2.20. The van der Waals surface area contributed by atoms with E-state index in [2.05, 4.69) is 0 Å². The van der Waals surface area contributed by atoms with Crippen molar-refractivity contribution >= 4 is 17.6 Å². The van der Waals surface area contributed by atoms with Gasteiger partial charge in [-0.25, -0.2) is 4.79 Å². The van der Waals surface area contributed by atoms with Crippen molar-refractivity contribution in [2.75, 3.05) is 45.8 Å². The Morgan fingerprint density at radius 2 is 2.05 bits per heavy atom. The summed E-state index contributed by atoms with van der Waals surface area (Å²) in [7, 11) is 1.49. The molecule has 0 bridgehead atoms. The maximum atomic E-state index is 12.0. The second-order valence-corrected chi connectivity index (χ2v) is 4.52. The van der Waals surface area contributed by atoms with Gasteiger partial charge in [0.25, 0.3) is 5.91 Å². The van der Waals surface area contributed by atoms with Crippen LogP contribution in [0.3, 0.4) is 0 Å². The Morgan fingerprint density at radius 3 is 2.71 bits per heavy atom. The molecule has 0 radical (unpaired) electrons. The molecule has 2 N–H and O–H groups in total. The van der Waals surface area contributed by atoms with Crippen molar-refractivity contribution < 1.29 is 23.8 Å². The number of anilines is 1. The van der Waals surface area contributed by atoms with Gasteiger partial charge in [-0.3, -0.25) is 4.79 Å². The molecule has 1 saturated heterocycles. The molecule has 114 valence electrons. The number of nitrogens with two attached hydrogens (primary N) is 1. The van der Waals surface area contributed by atoms with Gasteiger partial charge in [0, 0.05) is 18.8 Å². The standard InChI is InChI=1S/C14H18N2O5/c1-19-10-2-3-12(15)11(8-10)14(18)21-9-13(17)16-4-6-20-7-5-16/h2-3,8H,4-7,9,15H2,1H3. The molecule has 0 saturated carbocycles. The second-order valence-electron chi connectivity index (χ2n) is 4.52. The van der Waals surface area contributed by atoms with Crippen molar-refractivity contribution in [2.45, 2.75) is 0 Å². The van der Waals surface area contributed by atoms with E-state index in [0.717, 1.165) is 0 Å². The molecule has 0 unspecified atom stereocenters. The molecule has 0 aromatic heterocycles. The molecule has 0 aliphatic carbocycles. The normalized spacial score (nSPS) is 14.6. The number of nitrogens with zero attached hydrogens (tertiary/aromatic N) is 1. The van der Waals surface area contributed by atoms with Crippen molar-refractivity contribution in [1.82, 2.24) is 4.90 Å². The largest absolute Gasteiger partial charge is 0.497 e. The van der Waals surface area contributed by atoms with Crippen LogP contribution in [-0.4, -0.2) is 56.8 Å². The molecule has 7 nitrogen and oxygen atoms in total. The fourth-order valence-corrected chi connectivity index (χ4v) is 1.95. The summed E-state index contributed by atoms with van der Waals surface area (Å²) in [5.74, 6) is -0.392. The first-order valence-corrected chi connectivity index (χ1v) is 6.58. The lowest BCUT2D eigenvalue weighted by Crippen LogP contribution is -2.42. The van der Waals surface area contributed by atoms with Gasteiger partial charge < -0.3 is 24.8 Å². The predicted octanol–water partition coefficient (Wildman–Crippen LogP) is 0.293. The summed E-state index contributed by atoms with van der Waals surface area (Å²) < 4.78 is 15.2. The van der Waals surface area contributed by atoms with E-state index >= 15 is 0 Å². The Labute approximate surface area is 122 Å². The summed E-state index contributed by atoms with van der Waals surface area (Å²) >= 11 is 0. The van der Waals surface area contributed by atoms with Crippen LogP contribution in [0.4, 0.5) is 5.69 Å². The Morgan fingerprint density at radius 1 is 1.33 bits per heavy atom. The third-order valence-electron chi connectivity index (χ3n) is 3.17. The van der Waals surface area contributed by atoms with E-state index < -0.39 is 5.97 Å². The monoisotopic (exact) mass is 294 g/mol. The SMILES string of the molecule is COc1ccc(N)c(C(=O)OCC(=O)N2CCOCC2)c1. The number of nitrogen functional groups attached to an aromatic ring is 1. The van der Waals surface area contributed by atoms with Crippen LogP contribution in [0.2, 0.25) is 0 Å². The molecule has 2 rings (SSSR count). The molecular formula is C14H18N2O5. The van der Waals surface area contributed by atoms with E-state index in [0.29, 0.717) is 32.1 Å². The fraction of sp³-hybridized carbons (Fsp3) is 0.429. The highest BCUT2D eigenvalue weighted by atomic mass is 16.5. The summed E-state index contributed by atoms with van der Waals surface area (Å²) in [5, 5.41) is 0. The van der Waals surface area contributed by atoms with Gasteiger partial charge in [-0.1, -0.05) is 0 Å². The van der Waals surface area contributed by atoms with Crippen LogP contribution in [-0.2, 0) is 14.3 Å². The van der Waals surface area contributed by atoms with Gasteiger partial charge in [0.2, 0.25) is 0 Å². The highest BCUT2D eigenvalue weighted by molar-refractivity contribution is 5.96. The average molecular weight is 294 g/mol. The summed E-state index contributed by atoms with van der Waals surface area (Å²) in [6, 6.07) is 4.68. The molecule has 0 spiro atoms. The lowest BCUT2D eigenvalue weighted by molar-refractivity contribution is -0.138. The fourth-order valence-electron chi connectivity index (χ4n) is 1.95.